The van der Waals surface area contributed by atoms with Crippen LogP contribution < -0.4 is 9.47 Å². The molecule has 0 aromatic heterocycles. The van der Waals surface area contributed by atoms with E-state index in [0.717, 1.165) is 0 Å². The Bertz CT molecular complexity index is 429. The Hall–Kier alpha value is -1.79. The molecule has 0 amide bonds. The molecule has 0 saturated carbocycles. The molecule has 0 radical (unpaired) electrons. The molecule has 6 nitrogen and oxygen atoms in total. The third kappa shape index (κ3) is 2.91. The fourth-order valence-electron chi connectivity index (χ4n) is 1.60. The maximum Gasteiger partial charge on any atom is 0.337 e. The van der Waals surface area contributed by atoms with Gasteiger partial charge in [-0.1, -0.05) is 0 Å². The molecular weight excluding hydrogens is 240 g/mol. The number of carbonyl (C=O) groups is 1. The second-order valence-corrected chi connectivity index (χ2v) is 3.58. The van der Waals surface area contributed by atoms with Gasteiger partial charge in [0.2, 0.25) is 0 Å². The minimum atomic E-state index is -1.63. The lowest BCUT2D eigenvalue weighted by atomic mass is 10.0. The molecule has 0 spiro atoms. The number of hydrogen-bond donors (Lipinski definition) is 2. The first-order valence-corrected chi connectivity index (χ1v) is 5.19. The Morgan fingerprint density at radius 1 is 1.22 bits per heavy atom. The minimum Gasteiger partial charge on any atom is -0.493 e. The number of benzene rings is 1. The zero-order valence-corrected chi connectivity index (χ0v) is 10.5. The molecular formula is C12H16O6. The van der Waals surface area contributed by atoms with Gasteiger partial charge in [-0.2, -0.15) is 0 Å². The number of carboxylic acid groups (broad SMARTS) is 1. The van der Waals surface area contributed by atoms with Crippen LogP contribution in [0.2, 0.25) is 0 Å². The molecule has 2 N–H and O–H groups in total. The van der Waals surface area contributed by atoms with Crippen molar-refractivity contribution in [2.24, 2.45) is 0 Å². The summed E-state index contributed by atoms with van der Waals surface area (Å²) in [6.45, 7) is 0.167. The third-order valence-electron chi connectivity index (χ3n) is 2.47. The van der Waals surface area contributed by atoms with Gasteiger partial charge < -0.3 is 24.4 Å². The quantitative estimate of drug-likeness (QED) is 0.788. The lowest BCUT2D eigenvalue weighted by molar-refractivity contribution is -0.147. The van der Waals surface area contributed by atoms with Crippen molar-refractivity contribution in [3.05, 3.63) is 23.3 Å². The molecule has 1 aromatic carbocycles. The van der Waals surface area contributed by atoms with Gasteiger partial charge in [-0.05, 0) is 17.7 Å². The smallest absolute Gasteiger partial charge is 0.337 e. The van der Waals surface area contributed by atoms with E-state index in [0.29, 0.717) is 17.1 Å². The highest BCUT2D eigenvalue weighted by molar-refractivity contribution is 5.75. The van der Waals surface area contributed by atoms with Crippen LogP contribution in [0.4, 0.5) is 0 Å². The number of methoxy groups -OCH3 is 3. The molecule has 1 rings (SSSR count). The van der Waals surface area contributed by atoms with E-state index in [4.69, 9.17) is 19.3 Å². The highest BCUT2D eigenvalue weighted by Gasteiger charge is 2.22. The molecule has 6 heteroatoms. The van der Waals surface area contributed by atoms with Crippen LogP contribution in [0, 0.1) is 0 Å². The second-order valence-electron chi connectivity index (χ2n) is 3.58. The van der Waals surface area contributed by atoms with Crippen molar-refractivity contribution < 1.29 is 29.2 Å². The number of aliphatic hydroxyl groups is 1. The largest absolute Gasteiger partial charge is 0.493 e. The fourth-order valence-corrected chi connectivity index (χ4v) is 1.60. The maximum absolute atomic E-state index is 10.8. The lowest BCUT2D eigenvalue weighted by Crippen LogP contribution is -2.13. The molecule has 0 saturated heterocycles. The third-order valence-corrected chi connectivity index (χ3v) is 2.47. The molecule has 0 aliphatic heterocycles. The van der Waals surface area contributed by atoms with Crippen LogP contribution in [-0.4, -0.2) is 37.5 Å². The van der Waals surface area contributed by atoms with Gasteiger partial charge in [0, 0.05) is 12.7 Å². The van der Waals surface area contributed by atoms with Crippen LogP contribution in [0.1, 0.15) is 17.2 Å². The van der Waals surface area contributed by atoms with E-state index in [1.165, 1.54) is 27.4 Å². The van der Waals surface area contributed by atoms with Crippen LogP contribution >= 0.6 is 0 Å². The summed E-state index contributed by atoms with van der Waals surface area (Å²) < 4.78 is 15.1. The first-order valence-electron chi connectivity index (χ1n) is 5.19. The van der Waals surface area contributed by atoms with Crippen molar-refractivity contribution in [3.63, 3.8) is 0 Å². The van der Waals surface area contributed by atoms with E-state index in [9.17, 15) is 9.90 Å². The Morgan fingerprint density at radius 3 is 2.22 bits per heavy atom. The van der Waals surface area contributed by atoms with Gasteiger partial charge >= 0.3 is 5.97 Å². The summed E-state index contributed by atoms with van der Waals surface area (Å²) in [5.74, 6) is -0.530. The monoisotopic (exact) mass is 256 g/mol. The summed E-state index contributed by atoms with van der Waals surface area (Å²) in [6, 6.07) is 3.02. The van der Waals surface area contributed by atoms with Crippen molar-refractivity contribution >= 4 is 5.97 Å². The van der Waals surface area contributed by atoms with Crippen LogP contribution in [0.5, 0.6) is 11.5 Å². The summed E-state index contributed by atoms with van der Waals surface area (Å²) in [6.07, 6.45) is -1.63. The van der Waals surface area contributed by atoms with Crippen LogP contribution in [0.25, 0.3) is 0 Å². The standard InChI is InChI=1S/C12H16O6/c1-16-6-7-4-9(17-2)10(18-3)5-8(7)11(13)12(14)15/h4-5,11,13H,6H2,1-3H3,(H,14,15). The number of ether oxygens (including phenoxy) is 3. The Morgan fingerprint density at radius 2 is 1.78 bits per heavy atom. The van der Waals surface area contributed by atoms with E-state index in [2.05, 4.69) is 0 Å². The minimum absolute atomic E-state index is 0.167. The molecule has 0 fully saturated rings. The number of aliphatic carboxylic acids is 1. The average Bonchev–Trinajstić information content (AvgIpc) is 2.37. The zero-order valence-electron chi connectivity index (χ0n) is 10.5. The molecule has 0 heterocycles. The average molecular weight is 256 g/mol. The predicted molar refractivity (Wildman–Crippen MR) is 62.9 cm³/mol. The van der Waals surface area contributed by atoms with Gasteiger partial charge in [-0.25, -0.2) is 4.79 Å². The molecule has 100 valence electrons. The highest BCUT2D eigenvalue weighted by atomic mass is 16.5. The SMILES string of the molecule is COCc1cc(OC)c(OC)cc1C(O)C(=O)O. The topological polar surface area (TPSA) is 85.2 Å². The van der Waals surface area contributed by atoms with Crippen molar-refractivity contribution in [2.45, 2.75) is 12.7 Å². The number of rotatable bonds is 6. The van der Waals surface area contributed by atoms with Gasteiger partial charge in [-0.15, -0.1) is 0 Å². The molecule has 1 aromatic rings. The van der Waals surface area contributed by atoms with Gasteiger partial charge in [0.15, 0.2) is 17.6 Å². The van der Waals surface area contributed by atoms with E-state index < -0.39 is 12.1 Å². The number of hydrogen-bond acceptors (Lipinski definition) is 5. The van der Waals surface area contributed by atoms with Gasteiger partial charge in [-0.3, -0.25) is 0 Å². The lowest BCUT2D eigenvalue weighted by Gasteiger charge is -2.16. The first-order chi connectivity index (χ1) is 8.54. The van der Waals surface area contributed by atoms with E-state index >= 15 is 0 Å². The number of carboxylic acids is 1. The van der Waals surface area contributed by atoms with Crippen molar-refractivity contribution in [2.75, 3.05) is 21.3 Å². The molecule has 0 aliphatic rings. The predicted octanol–water partition coefficient (Wildman–Crippen LogP) is 0.968. The van der Waals surface area contributed by atoms with Crippen LogP contribution in [0.3, 0.4) is 0 Å². The Balaban J connectivity index is 3.32. The van der Waals surface area contributed by atoms with Crippen molar-refractivity contribution in [1.29, 1.82) is 0 Å². The normalized spacial score (nSPS) is 12.0. The van der Waals surface area contributed by atoms with E-state index in [1.807, 2.05) is 0 Å². The highest BCUT2D eigenvalue weighted by Crippen LogP contribution is 2.33. The van der Waals surface area contributed by atoms with Crippen LogP contribution in [-0.2, 0) is 16.1 Å². The summed E-state index contributed by atoms with van der Waals surface area (Å²) in [5.41, 5.74) is 0.757. The van der Waals surface area contributed by atoms with Crippen molar-refractivity contribution in [3.8, 4) is 11.5 Å². The van der Waals surface area contributed by atoms with Gasteiger partial charge in [0.05, 0.1) is 20.8 Å². The summed E-state index contributed by atoms with van der Waals surface area (Å²) >= 11 is 0. The number of aliphatic hydroxyl groups excluding tert-OH is 1. The second kappa shape index (κ2) is 6.23. The summed E-state index contributed by atoms with van der Waals surface area (Å²) in [7, 11) is 4.39. The molecule has 0 bridgehead atoms. The van der Waals surface area contributed by atoms with Gasteiger partial charge in [0.1, 0.15) is 0 Å². The van der Waals surface area contributed by atoms with E-state index in [1.54, 1.807) is 6.07 Å². The first kappa shape index (κ1) is 14.3. The molecule has 1 atom stereocenters. The Kier molecular flexibility index (Phi) is 4.94. The molecule has 18 heavy (non-hydrogen) atoms. The molecule has 1 unspecified atom stereocenters. The fraction of sp³-hybridized carbons (Fsp3) is 0.417. The Labute approximate surface area is 105 Å². The van der Waals surface area contributed by atoms with E-state index in [-0.39, 0.29) is 12.2 Å². The summed E-state index contributed by atoms with van der Waals surface area (Å²) in [5, 5.41) is 18.5. The zero-order chi connectivity index (χ0) is 13.7. The maximum atomic E-state index is 10.8. The summed E-state index contributed by atoms with van der Waals surface area (Å²) in [4.78, 5) is 10.8. The van der Waals surface area contributed by atoms with Gasteiger partial charge in [0.25, 0.3) is 0 Å². The van der Waals surface area contributed by atoms with Crippen LogP contribution in [0.15, 0.2) is 12.1 Å². The molecule has 0 aliphatic carbocycles. The van der Waals surface area contributed by atoms with Crippen molar-refractivity contribution in [1.82, 2.24) is 0 Å².